The molecular weight excluding hydrogens is 462 g/mol. The van der Waals surface area contributed by atoms with Crippen molar-refractivity contribution in [2.75, 3.05) is 43.5 Å². The molecule has 1 saturated heterocycles. The van der Waals surface area contributed by atoms with Gasteiger partial charge in [-0.05, 0) is 88.4 Å². The van der Waals surface area contributed by atoms with E-state index in [4.69, 9.17) is 4.74 Å². The van der Waals surface area contributed by atoms with Gasteiger partial charge >= 0.3 is 0 Å². The number of aromatic nitrogens is 2. The number of amides is 1. The Bertz CT molecular complexity index is 1180. The minimum absolute atomic E-state index is 0.191. The second kappa shape index (κ2) is 12.0. The van der Waals surface area contributed by atoms with Crippen molar-refractivity contribution < 1.29 is 9.53 Å². The second-order valence-electron chi connectivity index (χ2n) is 10.7. The lowest BCUT2D eigenvalue weighted by Gasteiger charge is -2.31. The van der Waals surface area contributed by atoms with Crippen LogP contribution >= 0.6 is 0 Å². The van der Waals surface area contributed by atoms with Crippen LogP contribution in [-0.2, 0) is 4.74 Å². The molecule has 0 atom stereocenters. The van der Waals surface area contributed by atoms with E-state index >= 15 is 0 Å². The molecule has 198 valence electrons. The molecule has 4 rings (SSSR count). The van der Waals surface area contributed by atoms with Crippen LogP contribution < -0.4 is 10.6 Å². The summed E-state index contributed by atoms with van der Waals surface area (Å²) in [6.45, 7) is 14.9. The van der Waals surface area contributed by atoms with Crippen LogP contribution in [0.1, 0.15) is 73.8 Å². The van der Waals surface area contributed by atoms with E-state index in [1.54, 1.807) is 6.20 Å². The number of hydrogen-bond acceptors (Lipinski definition) is 6. The van der Waals surface area contributed by atoms with E-state index in [2.05, 4.69) is 58.4 Å². The van der Waals surface area contributed by atoms with Crippen LogP contribution in [0.25, 0.3) is 6.08 Å². The molecule has 7 nitrogen and oxygen atoms in total. The Hall–Kier alpha value is -3.03. The van der Waals surface area contributed by atoms with Gasteiger partial charge in [0.15, 0.2) is 0 Å². The lowest BCUT2D eigenvalue weighted by molar-refractivity contribution is 0.102. The van der Waals surface area contributed by atoms with Gasteiger partial charge in [-0.25, -0.2) is 0 Å². The number of rotatable bonds is 10. The van der Waals surface area contributed by atoms with Gasteiger partial charge in [-0.2, -0.15) is 0 Å². The maximum absolute atomic E-state index is 13.2. The van der Waals surface area contributed by atoms with Gasteiger partial charge < -0.3 is 15.4 Å². The lowest BCUT2D eigenvalue weighted by atomic mass is 9.98. The summed E-state index contributed by atoms with van der Waals surface area (Å²) in [7, 11) is 0. The maximum atomic E-state index is 13.2. The summed E-state index contributed by atoms with van der Waals surface area (Å²) >= 11 is 0. The van der Waals surface area contributed by atoms with Crippen molar-refractivity contribution in [3.63, 3.8) is 0 Å². The van der Waals surface area contributed by atoms with Gasteiger partial charge in [0.05, 0.1) is 42.0 Å². The third-order valence-corrected chi connectivity index (χ3v) is 7.47. The van der Waals surface area contributed by atoms with E-state index in [-0.39, 0.29) is 11.4 Å². The quantitative estimate of drug-likeness (QED) is 0.428. The molecule has 1 amide bonds. The highest BCUT2D eigenvalue weighted by Crippen LogP contribution is 2.28. The van der Waals surface area contributed by atoms with Crippen molar-refractivity contribution in [1.29, 1.82) is 0 Å². The third-order valence-electron chi connectivity index (χ3n) is 7.47. The molecule has 37 heavy (non-hydrogen) atoms. The minimum atomic E-state index is -0.191. The summed E-state index contributed by atoms with van der Waals surface area (Å²) in [5.74, 6) is -0.191. The lowest BCUT2D eigenvalue weighted by Crippen LogP contribution is -2.40. The van der Waals surface area contributed by atoms with Crippen molar-refractivity contribution in [2.45, 2.75) is 65.8 Å². The summed E-state index contributed by atoms with van der Waals surface area (Å²) in [6, 6.07) is 3.88. The van der Waals surface area contributed by atoms with E-state index in [0.717, 1.165) is 55.1 Å². The first-order chi connectivity index (χ1) is 17.8. The Morgan fingerprint density at radius 2 is 2.00 bits per heavy atom. The molecule has 0 bridgehead atoms. The number of ether oxygens (including phenoxy) is 1. The molecule has 7 heteroatoms. The molecule has 2 aromatic rings. The van der Waals surface area contributed by atoms with Crippen molar-refractivity contribution in [3.8, 4) is 0 Å². The SMILES string of the molecule is CCC/C(=C\c1cc(C(=O)Nc2cc(NCCN3CCCC3(C)C)cnc2C)cnc1C)C1=CCOC1. The highest BCUT2D eigenvalue weighted by molar-refractivity contribution is 6.05. The number of pyridine rings is 2. The van der Waals surface area contributed by atoms with Gasteiger partial charge in [0.1, 0.15) is 0 Å². The van der Waals surface area contributed by atoms with Crippen LogP contribution in [0, 0.1) is 13.8 Å². The van der Waals surface area contributed by atoms with E-state index in [0.29, 0.717) is 24.5 Å². The van der Waals surface area contributed by atoms with Crippen molar-refractivity contribution in [3.05, 3.63) is 64.3 Å². The minimum Gasteiger partial charge on any atom is -0.382 e. The Kier molecular flexibility index (Phi) is 8.77. The number of nitrogens with one attached hydrogen (secondary N) is 2. The zero-order valence-corrected chi connectivity index (χ0v) is 23.0. The van der Waals surface area contributed by atoms with Gasteiger partial charge in [0, 0.05) is 30.5 Å². The molecule has 1 fully saturated rings. The smallest absolute Gasteiger partial charge is 0.257 e. The van der Waals surface area contributed by atoms with Crippen LogP contribution in [0.15, 0.2) is 41.7 Å². The molecule has 4 heterocycles. The zero-order chi connectivity index (χ0) is 26.4. The third kappa shape index (κ3) is 6.84. The molecule has 0 spiro atoms. The van der Waals surface area contributed by atoms with E-state index < -0.39 is 0 Å². The van der Waals surface area contributed by atoms with Crippen molar-refractivity contribution in [2.24, 2.45) is 0 Å². The Morgan fingerprint density at radius 1 is 1.19 bits per heavy atom. The predicted molar refractivity (Wildman–Crippen MR) is 151 cm³/mol. The fourth-order valence-electron chi connectivity index (χ4n) is 5.08. The highest BCUT2D eigenvalue weighted by Gasteiger charge is 2.31. The van der Waals surface area contributed by atoms with E-state index in [1.165, 1.54) is 24.0 Å². The summed E-state index contributed by atoms with van der Waals surface area (Å²) in [5.41, 5.74) is 7.51. The van der Waals surface area contributed by atoms with Gasteiger partial charge in [-0.3, -0.25) is 19.7 Å². The summed E-state index contributed by atoms with van der Waals surface area (Å²) < 4.78 is 5.53. The van der Waals surface area contributed by atoms with Crippen LogP contribution in [0.3, 0.4) is 0 Å². The molecule has 0 aliphatic carbocycles. The maximum Gasteiger partial charge on any atom is 0.257 e. The number of anilines is 2. The monoisotopic (exact) mass is 503 g/mol. The Labute approximate surface area is 221 Å². The molecule has 2 aliphatic heterocycles. The molecule has 2 aliphatic rings. The van der Waals surface area contributed by atoms with Crippen molar-refractivity contribution >= 4 is 23.4 Å². The molecule has 0 unspecified atom stereocenters. The molecule has 2 aromatic heterocycles. The Balaban J connectivity index is 1.45. The number of hydrogen-bond donors (Lipinski definition) is 2. The number of carbonyl (C=O) groups excluding carboxylic acids is 1. The topological polar surface area (TPSA) is 79.4 Å². The average Bonchev–Trinajstić information content (AvgIpc) is 3.52. The summed E-state index contributed by atoms with van der Waals surface area (Å²) in [5, 5.41) is 6.52. The van der Waals surface area contributed by atoms with Gasteiger partial charge in [-0.15, -0.1) is 0 Å². The average molecular weight is 504 g/mol. The summed E-state index contributed by atoms with van der Waals surface area (Å²) in [4.78, 5) is 24.8. The first-order valence-electron chi connectivity index (χ1n) is 13.5. The fraction of sp³-hybridized carbons (Fsp3) is 0.500. The largest absolute Gasteiger partial charge is 0.382 e. The Morgan fingerprint density at radius 3 is 2.70 bits per heavy atom. The van der Waals surface area contributed by atoms with Crippen molar-refractivity contribution in [1.82, 2.24) is 14.9 Å². The van der Waals surface area contributed by atoms with Crippen LogP contribution in [0.2, 0.25) is 0 Å². The number of likely N-dealkylation sites (tertiary alicyclic amines) is 1. The molecular formula is C30H41N5O2. The summed E-state index contributed by atoms with van der Waals surface area (Å²) in [6.07, 6.45) is 12.3. The zero-order valence-electron chi connectivity index (χ0n) is 23.0. The van der Waals surface area contributed by atoms with Crippen LogP contribution in [0.5, 0.6) is 0 Å². The number of aryl methyl sites for hydroxylation is 2. The fourth-order valence-corrected chi connectivity index (χ4v) is 5.08. The van der Waals surface area contributed by atoms with Crippen LogP contribution in [0.4, 0.5) is 11.4 Å². The first kappa shape index (κ1) is 27.0. The van der Waals surface area contributed by atoms with Gasteiger partial charge in [0.25, 0.3) is 5.91 Å². The normalized spacial score (nSPS) is 17.6. The molecule has 0 aromatic carbocycles. The van der Waals surface area contributed by atoms with E-state index in [9.17, 15) is 4.79 Å². The second-order valence-corrected chi connectivity index (χ2v) is 10.7. The molecule has 0 radical (unpaired) electrons. The number of carbonyl (C=O) groups is 1. The first-order valence-corrected chi connectivity index (χ1v) is 13.5. The van der Waals surface area contributed by atoms with Gasteiger partial charge in [0.2, 0.25) is 0 Å². The highest BCUT2D eigenvalue weighted by atomic mass is 16.5. The van der Waals surface area contributed by atoms with Crippen LogP contribution in [-0.4, -0.2) is 59.2 Å². The molecule has 0 saturated carbocycles. The van der Waals surface area contributed by atoms with E-state index in [1.807, 2.05) is 32.2 Å². The number of nitrogens with zero attached hydrogens (tertiary/aromatic N) is 3. The standard InChI is InChI=1S/C30H41N5O2/c1-6-8-23(24-9-14-37-20-24)15-25-16-26(18-32-21(25)2)29(36)34-28-17-27(19-33-22(28)3)31-11-13-35-12-7-10-30(35,4)5/h9,15-19,31H,6-8,10-14,20H2,1-5H3,(H,34,36)/b23-15+. The van der Waals surface area contributed by atoms with Gasteiger partial charge in [-0.1, -0.05) is 19.4 Å². The predicted octanol–water partition coefficient (Wildman–Crippen LogP) is 5.77. The molecule has 2 N–H and O–H groups in total.